The van der Waals surface area contributed by atoms with E-state index in [2.05, 4.69) is 9.97 Å². The number of rotatable bonds is 1. The maximum Gasteiger partial charge on any atom is 0.230 e. The van der Waals surface area contributed by atoms with Gasteiger partial charge in [0, 0.05) is 12.3 Å². The largest absolute Gasteiger partial charge is 0.434 e. The molecule has 0 bridgehead atoms. The van der Waals surface area contributed by atoms with Crippen LogP contribution in [0.4, 0.5) is 0 Å². The van der Waals surface area contributed by atoms with E-state index in [1.165, 1.54) is 6.20 Å². The summed E-state index contributed by atoms with van der Waals surface area (Å²) < 4.78 is 5.57. The molecule has 0 aliphatic heterocycles. The van der Waals surface area contributed by atoms with Crippen molar-refractivity contribution in [3.05, 3.63) is 46.6 Å². The van der Waals surface area contributed by atoms with E-state index in [0.717, 1.165) is 5.56 Å². The molecule has 3 nitrogen and oxygen atoms in total. The van der Waals surface area contributed by atoms with Gasteiger partial charge in [-0.05, 0) is 12.1 Å². The monoisotopic (exact) mass is 264 g/mol. The summed E-state index contributed by atoms with van der Waals surface area (Å²) >= 11 is 11.9. The van der Waals surface area contributed by atoms with E-state index in [0.29, 0.717) is 27.2 Å². The predicted molar refractivity (Wildman–Crippen MR) is 67.3 cm³/mol. The van der Waals surface area contributed by atoms with E-state index in [1.807, 2.05) is 18.2 Å². The first-order valence-corrected chi connectivity index (χ1v) is 5.66. The molecular formula is C12H6Cl2N2O. The molecule has 0 atom stereocenters. The number of benzene rings is 1. The highest BCUT2D eigenvalue weighted by atomic mass is 35.5. The van der Waals surface area contributed by atoms with Crippen molar-refractivity contribution < 1.29 is 4.42 Å². The summed E-state index contributed by atoms with van der Waals surface area (Å²) in [5.74, 6) is 0.445. The zero-order valence-electron chi connectivity index (χ0n) is 8.52. The van der Waals surface area contributed by atoms with Crippen molar-refractivity contribution in [2.45, 2.75) is 0 Å². The third-order valence-corrected chi connectivity index (χ3v) is 2.85. The van der Waals surface area contributed by atoms with Crippen LogP contribution in [0.1, 0.15) is 0 Å². The second kappa shape index (κ2) is 4.02. The highest BCUT2D eigenvalue weighted by molar-refractivity contribution is 6.33. The molecule has 84 valence electrons. The second-order valence-electron chi connectivity index (χ2n) is 3.47. The van der Waals surface area contributed by atoms with Gasteiger partial charge in [0.05, 0.1) is 15.6 Å². The molecule has 2 aromatic heterocycles. The van der Waals surface area contributed by atoms with E-state index >= 15 is 0 Å². The van der Waals surface area contributed by atoms with Crippen LogP contribution in [0.3, 0.4) is 0 Å². The minimum atomic E-state index is 0.445. The molecule has 17 heavy (non-hydrogen) atoms. The van der Waals surface area contributed by atoms with Crippen molar-refractivity contribution in [1.29, 1.82) is 0 Å². The highest BCUT2D eigenvalue weighted by Gasteiger charge is 2.11. The van der Waals surface area contributed by atoms with Crippen molar-refractivity contribution in [2.24, 2.45) is 0 Å². The predicted octanol–water partition coefficient (Wildman–Crippen LogP) is 4.20. The van der Waals surface area contributed by atoms with Gasteiger partial charge in [0.1, 0.15) is 0 Å². The zero-order chi connectivity index (χ0) is 11.8. The van der Waals surface area contributed by atoms with Gasteiger partial charge in [-0.25, -0.2) is 4.98 Å². The van der Waals surface area contributed by atoms with E-state index < -0.39 is 0 Å². The van der Waals surface area contributed by atoms with Gasteiger partial charge in [0.15, 0.2) is 11.2 Å². The Morgan fingerprint density at radius 1 is 1.12 bits per heavy atom. The summed E-state index contributed by atoms with van der Waals surface area (Å²) in [5.41, 5.74) is 1.81. The van der Waals surface area contributed by atoms with Crippen LogP contribution in [0.5, 0.6) is 0 Å². The van der Waals surface area contributed by atoms with Crippen LogP contribution in [0.15, 0.2) is 40.9 Å². The maximum absolute atomic E-state index is 6.07. The van der Waals surface area contributed by atoms with Gasteiger partial charge < -0.3 is 4.42 Å². The fourth-order valence-corrected chi connectivity index (χ4v) is 1.91. The van der Waals surface area contributed by atoms with E-state index in [1.54, 1.807) is 12.1 Å². The molecule has 2 heterocycles. The Balaban J connectivity index is 2.22. The molecule has 0 aliphatic rings. The van der Waals surface area contributed by atoms with Crippen LogP contribution in [0.2, 0.25) is 10.0 Å². The number of aromatic nitrogens is 2. The summed E-state index contributed by atoms with van der Waals surface area (Å²) in [6.07, 6.45) is 1.53. The van der Waals surface area contributed by atoms with Crippen molar-refractivity contribution >= 4 is 34.4 Å². The topological polar surface area (TPSA) is 38.9 Å². The SMILES string of the molecule is Clc1cnc2nc(-c3ccccc3Cl)oc2c1. The van der Waals surface area contributed by atoms with Crippen molar-refractivity contribution in [2.75, 3.05) is 0 Å². The molecule has 0 spiro atoms. The molecule has 5 heteroatoms. The molecule has 3 rings (SSSR count). The molecule has 1 aromatic carbocycles. The average molecular weight is 265 g/mol. The van der Waals surface area contributed by atoms with Crippen LogP contribution >= 0.6 is 23.2 Å². The lowest BCUT2D eigenvalue weighted by Crippen LogP contribution is -1.79. The number of oxazole rings is 1. The standard InChI is InChI=1S/C12H6Cl2N2O/c13-7-5-10-11(15-6-7)16-12(17-10)8-3-1-2-4-9(8)14/h1-6H. The van der Waals surface area contributed by atoms with Crippen LogP contribution in [-0.4, -0.2) is 9.97 Å². The number of halogens is 2. The van der Waals surface area contributed by atoms with Crippen molar-refractivity contribution in [1.82, 2.24) is 9.97 Å². The Bertz CT molecular complexity index is 694. The highest BCUT2D eigenvalue weighted by Crippen LogP contribution is 2.29. The number of nitrogens with zero attached hydrogens (tertiary/aromatic N) is 2. The Morgan fingerprint density at radius 2 is 1.94 bits per heavy atom. The zero-order valence-corrected chi connectivity index (χ0v) is 10.0. The first-order chi connectivity index (χ1) is 8.24. The minimum Gasteiger partial charge on any atom is -0.434 e. The molecule has 0 saturated carbocycles. The molecule has 0 saturated heterocycles. The maximum atomic E-state index is 6.07. The summed E-state index contributed by atoms with van der Waals surface area (Å²) in [7, 11) is 0. The molecule has 0 unspecified atom stereocenters. The van der Waals surface area contributed by atoms with Gasteiger partial charge >= 0.3 is 0 Å². The van der Waals surface area contributed by atoms with Crippen LogP contribution < -0.4 is 0 Å². The van der Waals surface area contributed by atoms with Gasteiger partial charge in [-0.3, -0.25) is 0 Å². The van der Waals surface area contributed by atoms with Crippen molar-refractivity contribution in [3.8, 4) is 11.5 Å². The summed E-state index contributed by atoms with van der Waals surface area (Å²) in [6, 6.07) is 9.03. The lowest BCUT2D eigenvalue weighted by Gasteiger charge is -1.96. The fourth-order valence-electron chi connectivity index (χ4n) is 1.55. The van der Waals surface area contributed by atoms with Gasteiger partial charge in [-0.1, -0.05) is 35.3 Å². The summed E-state index contributed by atoms with van der Waals surface area (Å²) in [4.78, 5) is 8.34. The molecule has 0 fully saturated rings. The lowest BCUT2D eigenvalue weighted by molar-refractivity contribution is 0.620. The number of fused-ring (bicyclic) bond motifs is 1. The Kier molecular flexibility index (Phi) is 2.50. The van der Waals surface area contributed by atoms with Gasteiger partial charge in [-0.2, -0.15) is 4.98 Å². The first-order valence-electron chi connectivity index (χ1n) is 4.91. The quantitative estimate of drug-likeness (QED) is 0.662. The molecule has 0 aliphatic carbocycles. The number of hydrogen-bond donors (Lipinski definition) is 0. The fraction of sp³-hybridized carbons (Fsp3) is 0. The Hall–Kier alpha value is -1.58. The first kappa shape index (κ1) is 10.6. The number of pyridine rings is 1. The van der Waals surface area contributed by atoms with Gasteiger partial charge in [0.2, 0.25) is 5.89 Å². The lowest BCUT2D eigenvalue weighted by atomic mass is 10.2. The Morgan fingerprint density at radius 3 is 2.76 bits per heavy atom. The Labute approximate surface area is 107 Å². The van der Waals surface area contributed by atoms with Crippen molar-refractivity contribution in [3.63, 3.8) is 0 Å². The van der Waals surface area contributed by atoms with Crippen LogP contribution in [-0.2, 0) is 0 Å². The summed E-state index contributed by atoms with van der Waals surface area (Å²) in [5, 5.41) is 1.10. The molecule has 0 N–H and O–H groups in total. The van der Waals surface area contributed by atoms with Gasteiger partial charge in [-0.15, -0.1) is 0 Å². The third-order valence-electron chi connectivity index (χ3n) is 2.32. The van der Waals surface area contributed by atoms with E-state index in [4.69, 9.17) is 27.6 Å². The molecule has 0 amide bonds. The molecule has 3 aromatic rings. The van der Waals surface area contributed by atoms with E-state index in [-0.39, 0.29) is 0 Å². The average Bonchev–Trinajstić information content (AvgIpc) is 2.72. The van der Waals surface area contributed by atoms with Gasteiger partial charge in [0.25, 0.3) is 0 Å². The molecule has 0 radical (unpaired) electrons. The van der Waals surface area contributed by atoms with Crippen LogP contribution in [0.25, 0.3) is 22.7 Å². The summed E-state index contributed by atoms with van der Waals surface area (Å²) in [6.45, 7) is 0. The minimum absolute atomic E-state index is 0.445. The smallest absolute Gasteiger partial charge is 0.230 e. The van der Waals surface area contributed by atoms with Crippen LogP contribution in [0, 0.1) is 0 Å². The number of hydrogen-bond acceptors (Lipinski definition) is 3. The normalized spacial score (nSPS) is 10.9. The molecular weight excluding hydrogens is 259 g/mol. The second-order valence-corrected chi connectivity index (χ2v) is 4.32. The van der Waals surface area contributed by atoms with E-state index in [9.17, 15) is 0 Å². The third kappa shape index (κ3) is 1.88.